The van der Waals surface area contributed by atoms with E-state index in [4.69, 9.17) is 0 Å². The molecule has 0 unspecified atom stereocenters. The van der Waals surface area contributed by atoms with Crippen molar-refractivity contribution in [2.24, 2.45) is 0 Å². The van der Waals surface area contributed by atoms with Gasteiger partial charge in [-0.25, -0.2) is 4.39 Å². The van der Waals surface area contributed by atoms with Crippen LogP contribution in [-0.2, 0) is 0 Å². The summed E-state index contributed by atoms with van der Waals surface area (Å²) in [6.45, 7) is 1.65. The first-order chi connectivity index (χ1) is 7.68. The maximum atomic E-state index is 13.6. The second kappa shape index (κ2) is 4.93. The molecule has 0 bridgehead atoms. The lowest BCUT2D eigenvalue weighted by atomic mass is 10.1. The largest absolute Gasteiger partial charge is 0.348 e. The number of carbonyl (C=O) groups excluding carboxylic acids is 1. The molecule has 5 heteroatoms. The van der Waals surface area contributed by atoms with E-state index >= 15 is 0 Å². The van der Waals surface area contributed by atoms with E-state index in [1.807, 2.05) is 0 Å². The van der Waals surface area contributed by atoms with Crippen molar-refractivity contribution in [3.8, 4) is 0 Å². The molecule has 16 heavy (non-hydrogen) atoms. The third-order valence-electron chi connectivity index (χ3n) is 2.59. The number of hydrogen-bond donors (Lipinski definition) is 2. The van der Waals surface area contributed by atoms with Crippen molar-refractivity contribution in [1.29, 1.82) is 0 Å². The fraction of sp³-hybridized carbons (Fsp3) is 0.364. The molecule has 2 N–H and O–H groups in total. The molecule has 0 saturated carbocycles. The van der Waals surface area contributed by atoms with Crippen LogP contribution >= 0.6 is 15.9 Å². The lowest BCUT2D eigenvalue weighted by Gasteiger charge is -2.11. The third-order valence-corrected chi connectivity index (χ3v) is 3.20. The molecule has 0 spiro atoms. The van der Waals surface area contributed by atoms with Gasteiger partial charge in [0.05, 0.1) is 10.0 Å². The minimum absolute atomic E-state index is 0.0845. The van der Waals surface area contributed by atoms with Gasteiger partial charge >= 0.3 is 0 Å². The van der Waals surface area contributed by atoms with Gasteiger partial charge in [-0.05, 0) is 41.0 Å². The zero-order valence-corrected chi connectivity index (χ0v) is 10.2. The van der Waals surface area contributed by atoms with Crippen LogP contribution in [0.15, 0.2) is 22.7 Å². The predicted octanol–water partition coefficient (Wildman–Crippen LogP) is 1.68. The highest BCUT2D eigenvalue weighted by Crippen LogP contribution is 2.18. The Morgan fingerprint density at radius 1 is 1.56 bits per heavy atom. The summed E-state index contributed by atoms with van der Waals surface area (Å²) in [5.41, 5.74) is 0.0845. The number of benzene rings is 1. The van der Waals surface area contributed by atoms with Gasteiger partial charge in [-0.3, -0.25) is 4.79 Å². The predicted molar refractivity (Wildman–Crippen MR) is 62.8 cm³/mol. The Hall–Kier alpha value is -0.940. The molecule has 1 heterocycles. The molecule has 0 aliphatic carbocycles. The highest BCUT2D eigenvalue weighted by atomic mass is 79.9. The van der Waals surface area contributed by atoms with Crippen LogP contribution in [0.2, 0.25) is 0 Å². The zero-order chi connectivity index (χ0) is 11.5. The average molecular weight is 287 g/mol. The van der Waals surface area contributed by atoms with Gasteiger partial charge in [0.25, 0.3) is 5.91 Å². The molecule has 1 aliphatic rings. The van der Waals surface area contributed by atoms with Gasteiger partial charge < -0.3 is 10.6 Å². The lowest BCUT2D eigenvalue weighted by Crippen LogP contribution is -2.36. The molecular formula is C11H12BrFN2O. The van der Waals surface area contributed by atoms with Crippen LogP contribution in [0, 0.1) is 5.82 Å². The number of carbonyl (C=O) groups is 1. The quantitative estimate of drug-likeness (QED) is 0.869. The molecule has 1 fully saturated rings. The van der Waals surface area contributed by atoms with Gasteiger partial charge in [-0.15, -0.1) is 0 Å². The summed E-state index contributed by atoms with van der Waals surface area (Å²) >= 11 is 3.06. The number of amides is 1. The van der Waals surface area contributed by atoms with Crippen LogP contribution in [0.4, 0.5) is 4.39 Å². The van der Waals surface area contributed by atoms with Crippen molar-refractivity contribution in [2.45, 2.75) is 12.5 Å². The molecule has 0 aromatic heterocycles. The Bertz CT molecular complexity index is 405. The molecule has 1 aromatic carbocycles. The molecule has 1 aromatic rings. The molecule has 86 valence electrons. The van der Waals surface area contributed by atoms with Crippen LogP contribution in [0.1, 0.15) is 16.8 Å². The Morgan fingerprint density at radius 3 is 3.06 bits per heavy atom. The van der Waals surface area contributed by atoms with E-state index in [0.29, 0.717) is 4.47 Å². The van der Waals surface area contributed by atoms with Gasteiger partial charge in [0, 0.05) is 12.6 Å². The Balaban J connectivity index is 2.11. The summed E-state index contributed by atoms with van der Waals surface area (Å²) in [5.74, 6) is -0.863. The van der Waals surface area contributed by atoms with Crippen molar-refractivity contribution < 1.29 is 9.18 Å². The van der Waals surface area contributed by atoms with Gasteiger partial charge in [0.15, 0.2) is 0 Å². The Morgan fingerprint density at radius 2 is 2.38 bits per heavy atom. The minimum Gasteiger partial charge on any atom is -0.348 e. The summed E-state index contributed by atoms with van der Waals surface area (Å²) in [6, 6.07) is 4.81. The third kappa shape index (κ3) is 2.41. The molecule has 2 rings (SSSR count). The first-order valence-electron chi connectivity index (χ1n) is 5.14. The van der Waals surface area contributed by atoms with Crippen LogP contribution in [0.3, 0.4) is 0 Å². The number of rotatable bonds is 2. The summed E-state index contributed by atoms with van der Waals surface area (Å²) in [5, 5.41) is 5.94. The minimum atomic E-state index is -0.508. The summed E-state index contributed by atoms with van der Waals surface area (Å²) in [4.78, 5) is 11.8. The smallest absolute Gasteiger partial charge is 0.254 e. The number of hydrogen-bond acceptors (Lipinski definition) is 2. The maximum Gasteiger partial charge on any atom is 0.254 e. The fourth-order valence-electron chi connectivity index (χ4n) is 1.72. The van der Waals surface area contributed by atoms with Crippen molar-refractivity contribution in [3.63, 3.8) is 0 Å². The Labute approximate surface area is 102 Å². The van der Waals surface area contributed by atoms with E-state index in [1.165, 1.54) is 6.07 Å². The van der Waals surface area contributed by atoms with E-state index in [2.05, 4.69) is 26.6 Å². The summed E-state index contributed by atoms with van der Waals surface area (Å²) in [6.07, 6.45) is 0.890. The van der Waals surface area contributed by atoms with Crippen molar-refractivity contribution in [1.82, 2.24) is 10.6 Å². The normalized spacial score (nSPS) is 19.8. The standard InChI is InChI=1S/C11H12BrFN2O/c12-9-3-1-2-8(10(9)13)11(16)15-7-4-5-14-6-7/h1-3,7,14H,4-6H2,(H,15,16)/t7-/m1/s1. The second-order valence-electron chi connectivity index (χ2n) is 3.76. The fourth-order valence-corrected chi connectivity index (χ4v) is 2.09. The maximum absolute atomic E-state index is 13.6. The number of nitrogens with one attached hydrogen (secondary N) is 2. The molecular weight excluding hydrogens is 275 g/mol. The van der Waals surface area contributed by atoms with E-state index in [0.717, 1.165) is 19.5 Å². The molecule has 1 aliphatic heterocycles. The van der Waals surface area contributed by atoms with Gasteiger partial charge in [-0.1, -0.05) is 6.07 Å². The molecule has 1 amide bonds. The summed E-state index contributed by atoms with van der Waals surface area (Å²) in [7, 11) is 0. The SMILES string of the molecule is O=C(N[C@@H]1CCNC1)c1cccc(Br)c1F. The van der Waals surface area contributed by atoms with Crippen LogP contribution < -0.4 is 10.6 Å². The van der Waals surface area contributed by atoms with Gasteiger partial charge in [0.1, 0.15) is 5.82 Å². The molecule has 3 nitrogen and oxygen atoms in total. The van der Waals surface area contributed by atoms with E-state index in [9.17, 15) is 9.18 Å². The first kappa shape index (κ1) is 11.5. The van der Waals surface area contributed by atoms with E-state index < -0.39 is 5.82 Å². The Kier molecular flexibility index (Phi) is 3.56. The van der Waals surface area contributed by atoms with Crippen molar-refractivity contribution in [3.05, 3.63) is 34.1 Å². The summed E-state index contributed by atoms with van der Waals surface area (Å²) < 4.78 is 13.9. The van der Waals surface area contributed by atoms with Gasteiger partial charge in [-0.2, -0.15) is 0 Å². The zero-order valence-electron chi connectivity index (χ0n) is 8.59. The van der Waals surface area contributed by atoms with E-state index in [-0.39, 0.29) is 17.5 Å². The van der Waals surface area contributed by atoms with Crippen LogP contribution in [0.25, 0.3) is 0 Å². The van der Waals surface area contributed by atoms with Crippen molar-refractivity contribution in [2.75, 3.05) is 13.1 Å². The molecule has 0 radical (unpaired) electrons. The monoisotopic (exact) mass is 286 g/mol. The first-order valence-corrected chi connectivity index (χ1v) is 5.93. The molecule has 1 saturated heterocycles. The average Bonchev–Trinajstić information content (AvgIpc) is 2.74. The van der Waals surface area contributed by atoms with Gasteiger partial charge in [0.2, 0.25) is 0 Å². The highest BCUT2D eigenvalue weighted by molar-refractivity contribution is 9.10. The lowest BCUT2D eigenvalue weighted by molar-refractivity contribution is 0.0936. The highest BCUT2D eigenvalue weighted by Gasteiger charge is 2.20. The van der Waals surface area contributed by atoms with Crippen LogP contribution in [-0.4, -0.2) is 25.0 Å². The van der Waals surface area contributed by atoms with E-state index in [1.54, 1.807) is 12.1 Å². The second-order valence-corrected chi connectivity index (χ2v) is 4.62. The topological polar surface area (TPSA) is 41.1 Å². The molecule has 1 atom stereocenters. The number of halogens is 2. The van der Waals surface area contributed by atoms with Crippen molar-refractivity contribution >= 4 is 21.8 Å². The van der Waals surface area contributed by atoms with Crippen LogP contribution in [0.5, 0.6) is 0 Å².